The zero-order valence-electron chi connectivity index (χ0n) is 7.89. The van der Waals surface area contributed by atoms with Gasteiger partial charge in [0.15, 0.2) is 0 Å². The fraction of sp³-hybridized carbons (Fsp3) is 1.00. The molecule has 0 heterocycles. The maximum atomic E-state index is 5.82. The van der Waals surface area contributed by atoms with Gasteiger partial charge < -0.3 is 9.47 Å². The third-order valence-corrected chi connectivity index (χ3v) is 2.19. The minimum absolute atomic E-state index is 0.262. The minimum Gasteiger partial charge on any atom is -0.341 e. The Bertz CT molecular complexity index is 98.3. The summed E-state index contributed by atoms with van der Waals surface area (Å²) in [4.78, 5) is 0. The van der Waals surface area contributed by atoms with Crippen molar-refractivity contribution < 1.29 is 9.47 Å². The molecule has 3 nitrogen and oxygen atoms in total. The molecule has 2 N–H and O–H groups in total. The van der Waals surface area contributed by atoms with Crippen molar-refractivity contribution in [3.05, 3.63) is 0 Å². The molecule has 0 saturated carbocycles. The summed E-state index contributed by atoms with van der Waals surface area (Å²) in [6.07, 6.45) is 1.93. The molecule has 0 amide bonds. The second kappa shape index (κ2) is 4.70. The van der Waals surface area contributed by atoms with Gasteiger partial charge in [-0.25, -0.2) is 0 Å². The predicted octanol–water partition coefficient (Wildman–Crippen LogP) is 1.33. The molecular weight excluding hydrogens is 142 g/mol. The van der Waals surface area contributed by atoms with Crippen LogP contribution in [-0.4, -0.2) is 20.1 Å². The van der Waals surface area contributed by atoms with Crippen molar-refractivity contribution in [1.29, 1.82) is 0 Å². The molecule has 0 aromatic carbocycles. The van der Waals surface area contributed by atoms with Crippen LogP contribution in [-0.2, 0) is 9.47 Å². The predicted molar refractivity (Wildman–Crippen MR) is 45.0 cm³/mol. The monoisotopic (exact) mass is 161 g/mol. The summed E-state index contributed by atoms with van der Waals surface area (Å²) >= 11 is 0. The van der Waals surface area contributed by atoms with Crippen molar-refractivity contribution in [2.45, 2.75) is 32.6 Å². The van der Waals surface area contributed by atoms with Gasteiger partial charge in [-0.1, -0.05) is 13.8 Å². The van der Waals surface area contributed by atoms with E-state index in [2.05, 4.69) is 13.8 Å². The molecule has 0 rings (SSSR count). The maximum absolute atomic E-state index is 5.82. The lowest BCUT2D eigenvalue weighted by Crippen LogP contribution is -2.50. The third-order valence-electron chi connectivity index (χ3n) is 2.19. The van der Waals surface area contributed by atoms with Crippen LogP contribution in [0.3, 0.4) is 0 Å². The van der Waals surface area contributed by atoms with Gasteiger partial charge in [0.25, 0.3) is 0 Å². The van der Waals surface area contributed by atoms with Crippen molar-refractivity contribution >= 4 is 0 Å². The van der Waals surface area contributed by atoms with Crippen LogP contribution in [0, 0.1) is 5.92 Å². The highest BCUT2D eigenvalue weighted by atomic mass is 16.7. The second-order valence-corrected chi connectivity index (χ2v) is 2.64. The summed E-state index contributed by atoms with van der Waals surface area (Å²) in [6, 6.07) is 0. The van der Waals surface area contributed by atoms with Gasteiger partial charge in [-0.05, 0) is 12.8 Å². The van der Waals surface area contributed by atoms with Gasteiger partial charge >= 0.3 is 0 Å². The largest absolute Gasteiger partial charge is 0.341 e. The Morgan fingerprint density at radius 3 is 1.64 bits per heavy atom. The standard InChI is InChI=1S/C8H19NO2/c1-5-7(6-2)8(9,10-3)11-4/h7H,5-6,9H2,1-4H3. The van der Waals surface area contributed by atoms with Crippen LogP contribution in [0.1, 0.15) is 26.7 Å². The van der Waals surface area contributed by atoms with Gasteiger partial charge in [0.05, 0.1) is 0 Å². The molecule has 0 aliphatic rings. The van der Waals surface area contributed by atoms with Crippen LogP contribution in [0.25, 0.3) is 0 Å². The topological polar surface area (TPSA) is 44.5 Å². The SMILES string of the molecule is CCC(CC)C(N)(OC)OC. The van der Waals surface area contributed by atoms with E-state index in [1.165, 1.54) is 0 Å². The number of rotatable bonds is 5. The van der Waals surface area contributed by atoms with Gasteiger partial charge in [-0.3, -0.25) is 5.73 Å². The molecule has 0 aliphatic carbocycles. The highest BCUT2D eigenvalue weighted by molar-refractivity contribution is 4.70. The Morgan fingerprint density at radius 1 is 1.18 bits per heavy atom. The Morgan fingerprint density at radius 2 is 1.55 bits per heavy atom. The molecule has 0 fully saturated rings. The van der Waals surface area contributed by atoms with Crippen molar-refractivity contribution in [3.8, 4) is 0 Å². The molecule has 11 heavy (non-hydrogen) atoms. The lowest BCUT2D eigenvalue weighted by molar-refractivity contribution is -0.237. The Balaban J connectivity index is 4.19. The van der Waals surface area contributed by atoms with Crippen LogP contribution in [0.4, 0.5) is 0 Å². The van der Waals surface area contributed by atoms with Crippen molar-refractivity contribution in [2.24, 2.45) is 11.7 Å². The molecule has 0 radical (unpaired) electrons. The molecular formula is C8H19NO2. The zero-order valence-corrected chi connectivity index (χ0v) is 7.89. The zero-order chi connectivity index (χ0) is 8.91. The number of nitrogens with two attached hydrogens (primary N) is 1. The highest BCUT2D eigenvalue weighted by Crippen LogP contribution is 2.22. The first-order valence-electron chi connectivity index (χ1n) is 4.03. The molecule has 3 heteroatoms. The van der Waals surface area contributed by atoms with Crippen LogP contribution >= 0.6 is 0 Å². The van der Waals surface area contributed by atoms with E-state index >= 15 is 0 Å². The molecule has 0 aromatic heterocycles. The van der Waals surface area contributed by atoms with Gasteiger partial charge in [-0.2, -0.15) is 0 Å². The molecule has 0 bridgehead atoms. The Hall–Kier alpha value is -0.120. The molecule has 0 aliphatic heterocycles. The van der Waals surface area contributed by atoms with Crippen molar-refractivity contribution in [3.63, 3.8) is 0 Å². The molecule has 0 saturated heterocycles. The average Bonchev–Trinajstić information content (AvgIpc) is 2.06. The van der Waals surface area contributed by atoms with E-state index in [-0.39, 0.29) is 5.92 Å². The third kappa shape index (κ3) is 2.43. The van der Waals surface area contributed by atoms with E-state index in [1.807, 2.05) is 0 Å². The van der Waals surface area contributed by atoms with Crippen LogP contribution in [0.15, 0.2) is 0 Å². The van der Waals surface area contributed by atoms with E-state index in [4.69, 9.17) is 15.2 Å². The summed E-state index contributed by atoms with van der Waals surface area (Å²) < 4.78 is 10.2. The fourth-order valence-electron chi connectivity index (χ4n) is 1.27. The first kappa shape index (κ1) is 10.9. The average molecular weight is 161 g/mol. The minimum atomic E-state index is -0.899. The van der Waals surface area contributed by atoms with Crippen LogP contribution in [0.2, 0.25) is 0 Å². The summed E-state index contributed by atoms with van der Waals surface area (Å²) in [6.45, 7) is 4.15. The lowest BCUT2D eigenvalue weighted by atomic mass is 9.99. The summed E-state index contributed by atoms with van der Waals surface area (Å²) in [7, 11) is 3.14. The van der Waals surface area contributed by atoms with Gasteiger partial charge in [0.1, 0.15) is 0 Å². The number of methoxy groups -OCH3 is 2. The summed E-state index contributed by atoms with van der Waals surface area (Å²) in [5.74, 6) is -0.638. The van der Waals surface area contributed by atoms with E-state index in [0.717, 1.165) is 12.8 Å². The number of hydrogen-bond acceptors (Lipinski definition) is 3. The van der Waals surface area contributed by atoms with Crippen molar-refractivity contribution in [2.75, 3.05) is 14.2 Å². The highest BCUT2D eigenvalue weighted by Gasteiger charge is 2.32. The fourth-order valence-corrected chi connectivity index (χ4v) is 1.27. The molecule has 68 valence electrons. The van der Waals surface area contributed by atoms with E-state index in [9.17, 15) is 0 Å². The Labute approximate surface area is 68.9 Å². The molecule has 0 spiro atoms. The quantitative estimate of drug-likeness (QED) is 0.619. The van der Waals surface area contributed by atoms with Gasteiger partial charge in [-0.15, -0.1) is 0 Å². The number of hydrogen-bond donors (Lipinski definition) is 1. The van der Waals surface area contributed by atoms with Crippen LogP contribution < -0.4 is 5.73 Å². The van der Waals surface area contributed by atoms with E-state index in [0.29, 0.717) is 0 Å². The van der Waals surface area contributed by atoms with Gasteiger partial charge in [0, 0.05) is 20.1 Å². The smallest absolute Gasteiger partial charge is 0.227 e. The van der Waals surface area contributed by atoms with Crippen molar-refractivity contribution in [1.82, 2.24) is 0 Å². The van der Waals surface area contributed by atoms with E-state index in [1.54, 1.807) is 14.2 Å². The first-order valence-corrected chi connectivity index (χ1v) is 4.03. The molecule has 0 aromatic rings. The second-order valence-electron chi connectivity index (χ2n) is 2.64. The Kier molecular flexibility index (Phi) is 4.65. The molecule has 0 unspecified atom stereocenters. The normalized spacial score (nSPS) is 12.5. The maximum Gasteiger partial charge on any atom is 0.227 e. The van der Waals surface area contributed by atoms with Gasteiger partial charge in [0.2, 0.25) is 5.91 Å². The molecule has 0 atom stereocenters. The summed E-state index contributed by atoms with van der Waals surface area (Å²) in [5, 5.41) is 0. The summed E-state index contributed by atoms with van der Waals surface area (Å²) in [5.41, 5.74) is 5.82. The first-order chi connectivity index (χ1) is 5.14. The number of ether oxygens (including phenoxy) is 2. The van der Waals surface area contributed by atoms with E-state index < -0.39 is 5.91 Å². The lowest BCUT2D eigenvalue weighted by Gasteiger charge is -2.33. The van der Waals surface area contributed by atoms with Crippen LogP contribution in [0.5, 0.6) is 0 Å².